The highest BCUT2D eigenvalue weighted by molar-refractivity contribution is 9.10. The number of rotatable bonds is 7. The number of halogens is 1. The van der Waals surface area contributed by atoms with E-state index >= 15 is 0 Å². The maximum atomic E-state index is 11.2. The van der Waals surface area contributed by atoms with E-state index in [2.05, 4.69) is 15.9 Å². The van der Waals surface area contributed by atoms with E-state index in [0.29, 0.717) is 12.0 Å². The Bertz CT molecular complexity index is 531. The van der Waals surface area contributed by atoms with Crippen LogP contribution in [0.25, 0.3) is 0 Å². The molecule has 8 heteroatoms. The molecule has 0 bridgehead atoms. The third-order valence-electron chi connectivity index (χ3n) is 2.60. The summed E-state index contributed by atoms with van der Waals surface area (Å²) in [7, 11) is 1.47. The first-order valence-corrected chi connectivity index (χ1v) is 6.58. The lowest BCUT2D eigenvalue weighted by atomic mass is 10.1. The van der Waals surface area contributed by atoms with Gasteiger partial charge in [0.2, 0.25) is 5.75 Å². The van der Waals surface area contributed by atoms with Crippen LogP contribution < -0.4 is 4.74 Å². The number of carbonyl (C=O) groups is 1. The van der Waals surface area contributed by atoms with Gasteiger partial charge < -0.3 is 14.6 Å². The summed E-state index contributed by atoms with van der Waals surface area (Å²) in [5.41, 5.74) is 0.0170. The molecule has 20 heavy (non-hydrogen) atoms. The van der Waals surface area contributed by atoms with Crippen molar-refractivity contribution in [3.8, 4) is 5.75 Å². The van der Waals surface area contributed by atoms with E-state index in [0.717, 1.165) is 0 Å². The zero-order valence-electron chi connectivity index (χ0n) is 11.0. The molecule has 1 rings (SSSR count). The van der Waals surface area contributed by atoms with E-state index in [4.69, 9.17) is 14.6 Å². The molecule has 0 amide bonds. The molecule has 7 nitrogen and oxygen atoms in total. The van der Waals surface area contributed by atoms with E-state index in [1.54, 1.807) is 6.92 Å². The van der Waals surface area contributed by atoms with Gasteiger partial charge in [-0.1, -0.05) is 6.92 Å². The Morgan fingerprint density at radius 2 is 2.15 bits per heavy atom. The molecule has 0 aromatic heterocycles. The summed E-state index contributed by atoms with van der Waals surface area (Å²) in [5, 5.41) is 20.3. The topological polar surface area (TPSA) is 98.9 Å². The molecule has 1 N–H and O–H groups in total. The molecular weight excluding hydrogens is 334 g/mol. The number of nitro groups is 1. The maximum Gasteiger partial charge on any atom is 0.336 e. The molecule has 1 aromatic rings. The summed E-state index contributed by atoms with van der Waals surface area (Å²) in [4.78, 5) is 21.8. The van der Waals surface area contributed by atoms with Gasteiger partial charge in [-0.05, 0) is 28.4 Å². The van der Waals surface area contributed by atoms with Crippen LogP contribution in [-0.2, 0) is 11.2 Å². The van der Waals surface area contributed by atoms with Crippen molar-refractivity contribution >= 4 is 27.6 Å². The Hall–Kier alpha value is -1.67. The average molecular weight is 348 g/mol. The van der Waals surface area contributed by atoms with Gasteiger partial charge in [0, 0.05) is 12.7 Å². The summed E-state index contributed by atoms with van der Waals surface area (Å²) < 4.78 is 10.2. The van der Waals surface area contributed by atoms with Crippen molar-refractivity contribution in [1.29, 1.82) is 0 Å². The molecular formula is C12H14BrNO6. The van der Waals surface area contributed by atoms with Gasteiger partial charge in [-0.25, -0.2) is 4.79 Å². The third-order valence-corrected chi connectivity index (χ3v) is 3.39. The number of aryl methyl sites for hydroxylation is 1. The summed E-state index contributed by atoms with van der Waals surface area (Å²) >= 11 is 3.07. The fraction of sp³-hybridized carbons (Fsp3) is 0.417. The van der Waals surface area contributed by atoms with Gasteiger partial charge >= 0.3 is 11.7 Å². The second-order valence-electron chi connectivity index (χ2n) is 3.83. The van der Waals surface area contributed by atoms with Crippen molar-refractivity contribution < 1.29 is 24.3 Å². The van der Waals surface area contributed by atoms with E-state index < -0.39 is 10.9 Å². The number of carboxylic acids is 1. The normalized spacial score (nSPS) is 10.3. The Morgan fingerprint density at radius 1 is 1.50 bits per heavy atom. The number of nitrogens with zero attached hydrogens (tertiary/aromatic N) is 1. The first-order chi connectivity index (χ1) is 9.43. The monoisotopic (exact) mass is 347 g/mol. The number of hydrogen-bond donors (Lipinski definition) is 1. The molecule has 1 aromatic carbocycles. The third kappa shape index (κ3) is 3.45. The lowest BCUT2D eigenvalue weighted by molar-refractivity contribution is -0.386. The van der Waals surface area contributed by atoms with E-state index in [1.165, 1.54) is 13.2 Å². The number of benzene rings is 1. The highest BCUT2D eigenvalue weighted by Gasteiger charge is 2.28. The van der Waals surface area contributed by atoms with E-state index in [9.17, 15) is 14.9 Å². The van der Waals surface area contributed by atoms with Crippen LogP contribution in [0.5, 0.6) is 5.75 Å². The molecule has 0 fully saturated rings. The van der Waals surface area contributed by atoms with Crippen LogP contribution in [0.1, 0.15) is 22.8 Å². The highest BCUT2D eigenvalue weighted by atomic mass is 79.9. The standard InChI is InChI=1S/C12H14BrNO6/c1-3-7-6-8(12(15)16)9(13)11(10(7)14(17)18)20-5-4-19-2/h6H,3-5H2,1-2H3,(H,15,16). The van der Waals surface area contributed by atoms with Crippen LogP contribution in [0.15, 0.2) is 10.5 Å². The molecule has 0 heterocycles. The highest BCUT2D eigenvalue weighted by Crippen LogP contribution is 2.40. The van der Waals surface area contributed by atoms with Gasteiger partial charge in [-0.2, -0.15) is 0 Å². The van der Waals surface area contributed by atoms with Gasteiger partial charge in [0.05, 0.1) is 21.6 Å². The lowest BCUT2D eigenvalue weighted by Crippen LogP contribution is -2.10. The number of methoxy groups -OCH3 is 1. The fourth-order valence-electron chi connectivity index (χ4n) is 1.66. The van der Waals surface area contributed by atoms with Gasteiger partial charge in [-0.3, -0.25) is 10.1 Å². The van der Waals surface area contributed by atoms with Gasteiger partial charge in [-0.15, -0.1) is 0 Å². The van der Waals surface area contributed by atoms with Crippen molar-refractivity contribution in [1.82, 2.24) is 0 Å². The molecule has 0 saturated heterocycles. The minimum atomic E-state index is -1.18. The van der Waals surface area contributed by atoms with Crippen molar-refractivity contribution in [3.63, 3.8) is 0 Å². The molecule has 0 atom stereocenters. The second-order valence-corrected chi connectivity index (χ2v) is 4.63. The largest absolute Gasteiger partial charge is 0.484 e. The summed E-state index contributed by atoms with van der Waals surface area (Å²) in [6, 6.07) is 1.29. The van der Waals surface area contributed by atoms with E-state index in [1.807, 2.05) is 0 Å². The number of hydrogen-bond acceptors (Lipinski definition) is 5. The van der Waals surface area contributed by atoms with Crippen LogP contribution in [-0.4, -0.2) is 36.3 Å². The molecule has 0 aliphatic rings. The fourth-order valence-corrected chi connectivity index (χ4v) is 2.25. The minimum absolute atomic E-state index is 0.0602. The van der Waals surface area contributed by atoms with Gasteiger partial charge in [0.1, 0.15) is 6.61 Å². The van der Waals surface area contributed by atoms with Crippen molar-refractivity contribution in [3.05, 3.63) is 31.8 Å². The van der Waals surface area contributed by atoms with Crippen molar-refractivity contribution in [2.24, 2.45) is 0 Å². The van der Waals surface area contributed by atoms with Crippen LogP contribution >= 0.6 is 15.9 Å². The van der Waals surface area contributed by atoms with Crippen LogP contribution in [0.4, 0.5) is 5.69 Å². The Labute approximate surface area is 123 Å². The number of ether oxygens (including phenoxy) is 2. The Kier molecular flexibility index (Phi) is 5.90. The molecule has 0 saturated carbocycles. The predicted octanol–water partition coefficient (Wildman–Crippen LogP) is 2.64. The second kappa shape index (κ2) is 7.20. The number of carboxylic acid groups (broad SMARTS) is 1. The van der Waals surface area contributed by atoms with Crippen LogP contribution in [0.2, 0.25) is 0 Å². The number of nitro benzene ring substituents is 1. The molecule has 110 valence electrons. The lowest BCUT2D eigenvalue weighted by Gasteiger charge is -2.13. The minimum Gasteiger partial charge on any atom is -0.484 e. The maximum absolute atomic E-state index is 11.2. The van der Waals surface area contributed by atoms with Gasteiger partial charge in [0.15, 0.2) is 0 Å². The summed E-state index contributed by atoms with van der Waals surface area (Å²) in [6.45, 7) is 2.03. The molecule has 0 spiro atoms. The molecule has 0 aliphatic heterocycles. The van der Waals surface area contributed by atoms with Crippen molar-refractivity contribution in [2.45, 2.75) is 13.3 Å². The molecule has 0 radical (unpaired) electrons. The van der Waals surface area contributed by atoms with Crippen LogP contribution in [0.3, 0.4) is 0 Å². The first-order valence-electron chi connectivity index (χ1n) is 5.78. The van der Waals surface area contributed by atoms with Gasteiger partial charge in [0.25, 0.3) is 0 Å². The smallest absolute Gasteiger partial charge is 0.336 e. The van der Waals surface area contributed by atoms with E-state index in [-0.39, 0.29) is 34.7 Å². The summed E-state index contributed by atoms with van der Waals surface area (Å²) in [6.07, 6.45) is 0.324. The molecule has 0 unspecified atom stereocenters. The van der Waals surface area contributed by atoms with Crippen LogP contribution in [0, 0.1) is 10.1 Å². The summed E-state index contributed by atoms with van der Waals surface area (Å²) in [5.74, 6) is -1.26. The SMILES string of the molecule is CCc1cc(C(=O)O)c(Br)c(OCCOC)c1[N+](=O)[O-]. The predicted molar refractivity (Wildman–Crippen MR) is 74.5 cm³/mol. The number of aromatic carboxylic acids is 1. The Morgan fingerprint density at radius 3 is 2.60 bits per heavy atom. The molecule has 0 aliphatic carbocycles. The zero-order valence-corrected chi connectivity index (χ0v) is 12.6. The van der Waals surface area contributed by atoms with Crippen molar-refractivity contribution in [2.75, 3.05) is 20.3 Å². The Balaban J connectivity index is 3.43. The average Bonchev–Trinajstić information content (AvgIpc) is 2.39. The first kappa shape index (κ1) is 16.4. The quantitative estimate of drug-likeness (QED) is 0.462. The zero-order chi connectivity index (χ0) is 15.3.